The first-order valence-electron chi connectivity index (χ1n) is 13.9. The predicted molar refractivity (Wildman–Crippen MR) is 156 cm³/mol. The number of amides is 3. The lowest BCUT2D eigenvalue weighted by Crippen LogP contribution is -2.61. The van der Waals surface area contributed by atoms with Gasteiger partial charge in [-0.2, -0.15) is 0 Å². The van der Waals surface area contributed by atoms with E-state index in [-0.39, 0.29) is 30.7 Å². The summed E-state index contributed by atoms with van der Waals surface area (Å²) in [4.78, 5) is 41.8. The number of aliphatic hydroxyl groups excluding tert-OH is 1. The van der Waals surface area contributed by atoms with Crippen molar-refractivity contribution in [3.63, 3.8) is 0 Å². The summed E-state index contributed by atoms with van der Waals surface area (Å²) in [6.07, 6.45) is 3.52. The van der Waals surface area contributed by atoms with Gasteiger partial charge in [-0.15, -0.1) is 0 Å². The van der Waals surface area contributed by atoms with Gasteiger partial charge >= 0.3 is 0 Å². The third-order valence-electron chi connectivity index (χ3n) is 7.22. The molecule has 4 N–H and O–H groups in total. The number of benzene rings is 2. The molecule has 3 amide bonds. The van der Waals surface area contributed by atoms with Crippen molar-refractivity contribution in [2.24, 2.45) is 5.92 Å². The SMILES string of the molecule is CCC(C)[C@@H]1NCCOc2ccccc2/C=C/CNC(=O)[C@@H](Cc2ccccc2)NC(=O)[C@H](C(C)O)N(C)C1=O. The molecule has 0 saturated heterocycles. The largest absolute Gasteiger partial charge is 0.492 e. The van der Waals surface area contributed by atoms with Crippen molar-refractivity contribution in [1.29, 1.82) is 0 Å². The maximum absolute atomic E-state index is 13.7. The second kappa shape index (κ2) is 15.2. The van der Waals surface area contributed by atoms with Gasteiger partial charge in [0.25, 0.3) is 0 Å². The van der Waals surface area contributed by atoms with Crippen LogP contribution in [0.5, 0.6) is 5.75 Å². The molecule has 1 heterocycles. The van der Waals surface area contributed by atoms with Crippen LogP contribution < -0.4 is 20.7 Å². The van der Waals surface area contributed by atoms with E-state index in [0.717, 1.165) is 17.5 Å². The standard InChI is InChI=1S/C31H42N4O5/c1-5-21(2)27-31(39)35(4)28(22(3)36)30(38)34-25(20-23-12-7-6-8-13-23)29(37)33-17-11-15-24-14-9-10-16-26(24)40-19-18-32-27/h6-16,21-22,25,27-28,32,36H,5,17-20H2,1-4H3,(H,33,37)(H,34,38)/b15-11+/t21?,22?,25-,27+,28+/m1/s1. The molecule has 0 radical (unpaired) electrons. The molecule has 9 nitrogen and oxygen atoms in total. The summed E-state index contributed by atoms with van der Waals surface area (Å²) in [5, 5.41) is 19.6. The van der Waals surface area contributed by atoms with Crippen LogP contribution in [0.3, 0.4) is 0 Å². The lowest BCUT2D eigenvalue weighted by Gasteiger charge is -2.35. The van der Waals surface area contributed by atoms with Gasteiger partial charge in [0.15, 0.2) is 0 Å². The maximum atomic E-state index is 13.7. The topological polar surface area (TPSA) is 120 Å². The summed E-state index contributed by atoms with van der Waals surface area (Å²) in [6.45, 7) is 6.41. The summed E-state index contributed by atoms with van der Waals surface area (Å²) in [6, 6.07) is 14.3. The van der Waals surface area contributed by atoms with Crippen molar-refractivity contribution in [2.45, 2.75) is 57.8 Å². The number of nitrogens with zero attached hydrogens (tertiary/aromatic N) is 1. The number of carbonyl (C=O) groups excluding carboxylic acids is 3. The first-order valence-corrected chi connectivity index (χ1v) is 13.9. The van der Waals surface area contributed by atoms with E-state index >= 15 is 0 Å². The van der Waals surface area contributed by atoms with E-state index in [0.29, 0.717) is 18.9 Å². The van der Waals surface area contributed by atoms with Crippen LogP contribution in [0.2, 0.25) is 0 Å². The Balaban J connectivity index is 1.95. The average molecular weight is 551 g/mol. The Labute approximate surface area is 237 Å². The highest BCUT2D eigenvalue weighted by molar-refractivity contribution is 5.93. The van der Waals surface area contributed by atoms with Gasteiger partial charge in [-0.1, -0.05) is 81.0 Å². The number of carbonyl (C=O) groups is 3. The summed E-state index contributed by atoms with van der Waals surface area (Å²) < 4.78 is 6.01. The number of nitrogens with one attached hydrogen (secondary N) is 3. The molecule has 0 fully saturated rings. The quantitative estimate of drug-likeness (QED) is 0.453. The Morgan fingerprint density at radius 3 is 2.42 bits per heavy atom. The van der Waals surface area contributed by atoms with E-state index in [1.54, 1.807) is 0 Å². The number of likely N-dealkylation sites (N-methyl/N-ethyl adjacent to an activating group) is 1. The molecule has 40 heavy (non-hydrogen) atoms. The van der Waals surface area contributed by atoms with Crippen molar-refractivity contribution < 1.29 is 24.2 Å². The number of rotatable bonds is 5. The summed E-state index contributed by atoms with van der Waals surface area (Å²) >= 11 is 0. The summed E-state index contributed by atoms with van der Waals surface area (Å²) in [7, 11) is 1.51. The molecule has 0 spiro atoms. The van der Waals surface area contributed by atoms with Gasteiger partial charge in [0.2, 0.25) is 17.7 Å². The Bertz CT molecular complexity index is 1150. The van der Waals surface area contributed by atoms with E-state index < -0.39 is 30.1 Å². The average Bonchev–Trinajstić information content (AvgIpc) is 2.94. The normalized spacial score (nSPS) is 23.9. The van der Waals surface area contributed by atoms with Gasteiger partial charge in [0.05, 0.1) is 12.1 Å². The van der Waals surface area contributed by atoms with E-state index in [9.17, 15) is 19.5 Å². The second-order valence-corrected chi connectivity index (χ2v) is 10.2. The lowest BCUT2D eigenvalue weighted by atomic mass is 9.96. The van der Waals surface area contributed by atoms with Crippen LogP contribution in [0.1, 0.15) is 38.3 Å². The zero-order valence-corrected chi connectivity index (χ0v) is 23.8. The minimum atomic E-state index is -1.19. The van der Waals surface area contributed by atoms with E-state index in [1.165, 1.54) is 18.9 Å². The van der Waals surface area contributed by atoms with Crippen molar-refractivity contribution in [2.75, 3.05) is 26.7 Å². The number of para-hydroxylation sites is 1. The molecule has 0 saturated carbocycles. The Kier molecular flexibility index (Phi) is 11.7. The van der Waals surface area contributed by atoms with Gasteiger partial charge in [0, 0.05) is 32.1 Å². The van der Waals surface area contributed by atoms with Crippen molar-refractivity contribution >= 4 is 23.8 Å². The zero-order chi connectivity index (χ0) is 29.1. The molecule has 2 aromatic carbocycles. The Hall–Kier alpha value is -3.69. The van der Waals surface area contributed by atoms with Crippen LogP contribution in [0.4, 0.5) is 0 Å². The number of ether oxygens (including phenoxy) is 1. The molecule has 1 aliphatic heterocycles. The fourth-order valence-electron chi connectivity index (χ4n) is 4.75. The highest BCUT2D eigenvalue weighted by atomic mass is 16.5. The van der Waals surface area contributed by atoms with Crippen molar-refractivity contribution in [3.05, 3.63) is 71.8 Å². The minimum absolute atomic E-state index is 0.0370. The first-order chi connectivity index (χ1) is 19.2. The molecule has 216 valence electrons. The molecular formula is C31H42N4O5. The van der Waals surface area contributed by atoms with Crippen LogP contribution >= 0.6 is 0 Å². The first kappa shape index (κ1) is 30.8. The fourth-order valence-corrected chi connectivity index (χ4v) is 4.75. The van der Waals surface area contributed by atoms with Crippen LogP contribution in [-0.4, -0.2) is 78.7 Å². The molecule has 2 aromatic rings. The molecule has 9 heteroatoms. The number of aliphatic hydroxyl groups is 1. The minimum Gasteiger partial charge on any atom is -0.492 e. The van der Waals surface area contributed by atoms with Crippen LogP contribution in [0.25, 0.3) is 6.08 Å². The highest BCUT2D eigenvalue weighted by Gasteiger charge is 2.37. The molecule has 0 aromatic heterocycles. The summed E-state index contributed by atoms with van der Waals surface area (Å²) in [5.74, 6) is -0.627. The molecule has 1 aliphatic rings. The maximum Gasteiger partial charge on any atom is 0.246 e. The van der Waals surface area contributed by atoms with E-state index in [2.05, 4.69) is 16.0 Å². The van der Waals surface area contributed by atoms with E-state index in [1.807, 2.05) is 80.6 Å². The van der Waals surface area contributed by atoms with Gasteiger partial charge < -0.3 is 30.7 Å². The van der Waals surface area contributed by atoms with Crippen LogP contribution in [0, 0.1) is 5.92 Å². The molecule has 3 rings (SSSR count). The van der Waals surface area contributed by atoms with Crippen molar-refractivity contribution in [1.82, 2.24) is 20.9 Å². The Morgan fingerprint density at radius 1 is 1.02 bits per heavy atom. The fraction of sp³-hybridized carbons (Fsp3) is 0.452. The monoisotopic (exact) mass is 550 g/mol. The van der Waals surface area contributed by atoms with Crippen LogP contribution in [-0.2, 0) is 20.8 Å². The molecule has 0 aliphatic carbocycles. The smallest absolute Gasteiger partial charge is 0.246 e. The summed E-state index contributed by atoms with van der Waals surface area (Å²) in [5.41, 5.74) is 1.73. The molecule has 0 bridgehead atoms. The number of hydrogen-bond acceptors (Lipinski definition) is 6. The third kappa shape index (κ3) is 8.40. The number of hydrogen-bond donors (Lipinski definition) is 4. The van der Waals surface area contributed by atoms with Gasteiger partial charge in [-0.05, 0) is 24.5 Å². The van der Waals surface area contributed by atoms with Gasteiger partial charge in [-0.3, -0.25) is 14.4 Å². The van der Waals surface area contributed by atoms with Gasteiger partial charge in [-0.25, -0.2) is 0 Å². The molecule has 2 unspecified atom stereocenters. The second-order valence-electron chi connectivity index (χ2n) is 10.2. The van der Waals surface area contributed by atoms with E-state index in [4.69, 9.17) is 4.74 Å². The number of fused-ring (bicyclic) bond motifs is 1. The lowest BCUT2D eigenvalue weighted by molar-refractivity contribution is -0.146. The molecule has 5 atom stereocenters. The van der Waals surface area contributed by atoms with Crippen LogP contribution in [0.15, 0.2) is 60.7 Å². The zero-order valence-electron chi connectivity index (χ0n) is 23.8. The van der Waals surface area contributed by atoms with Crippen molar-refractivity contribution in [3.8, 4) is 5.75 Å². The Morgan fingerprint density at radius 2 is 1.73 bits per heavy atom. The predicted octanol–water partition coefficient (Wildman–Crippen LogP) is 2.15. The van der Waals surface area contributed by atoms with Gasteiger partial charge in [0.1, 0.15) is 24.4 Å². The highest BCUT2D eigenvalue weighted by Crippen LogP contribution is 2.20. The third-order valence-corrected chi connectivity index (χ3v) is 7.22. The molecular weight excluding hydrogens is 508 g/mol.